The van der Waals surface area contributed by atoms with Crippen LogP contribution in [0.25, 0.3) is 0 Å². The molecule has 0 atom stereocenters. The van der Waals surface area contributed by atoms with E-state index >= 15 is 0 Å². The second-order valence-corrected chi connectivity index (χ2v) is 17.6. The van der Waals surface area contributed by atoms with Crippen LogP contribution in [0.1, 0.15) is 13.8 Å². The van der Waals surface area contributed by atoms with Crippen molar-refractivity contribution in [1.29, 1.82) is 0 Å². The highest BCUT2D eigenvalue weighted by Crippen LogP contribution is 2.34. The van der Waals surface area contributed by atoms with Gasteiger partial charge in [0.15, 0.2) is 0 Å². The van der Waals surface area contributed by atoms with E-state index in [9.17, 15) is 0 Å². The topological polar surface area (TPSA) is 21.7 Å². The Bertz CT molecular complexity index is 234. The zero-order valence-electron chi connectivity index (χ0n) is 11.3. The Morgan fingerprint density at radius 1 is 0.800 bits per heavy atom. The van der Waals surface area contributed by atoms with Crippen LogP contribution in [-0.2, 0) is 8.23 Å². The monoisotopic (exact) mass is 263 g/mol. The highest BCUT2D eigenvalue weighted by molar-refractivity contribution is 6.96. The molecule has 6 heteroatoms. The van der Waals surface area contributed by atoms with Gasteiger partial charge in [-0.15, -0.1) is 0 Å². The van der Waals surface area contributed by atoms with Gasteiger partial charge in [-0.3, -0.25) is 0 Å². The van der Waals surface area contributed by atoms with Gasteiger partial charge in [0.25, 0.3) is 17.0 Å². The summed E-state index contributed by atoms with van der Waals surface area (Å²) in [5.41, 5.74) is 0. The Labute approximate surface area is 97.4 Å². The molecule has 1 heterocycles. The molecule has 0 aromatic heterocycles. The van der Waals surface area contributed by atoms with Crippen molar-refractivity contribution >= 4 is 25.5 Å². The van der Waals surface area contributed by atoms with Crippen LogP contribution in [-0.4, -0.2) is 35.8 Å². The van der Waals surface area contributed by atoms with E-state index in [0.29, 0.717) is 6.04 Å². The molecule has 0 amide bonds. The molecule has 0 spiro atoms. The highest BCUT2D eigenvalue weighted by Gasteiger charge is 2.55. The van der Waals surface area contributed by atoms with Gasteiger partial charge in [0, 0.05) is 0 Å². The van der Waals surface area contributed by atoms with Gasteiger partial charge in [-0.05, 0) is 45.3 Å². The largest absolute Gasteiger partial charge is 0.425 e. The maximum Gasteiger partial charge on any atom is 0.312 e. The highest BCUT2D eigenvalue weighted by atomic mass is 28.5. The third-order valence-corrected chi connectivity index (χ3v) is 17.2. The first-order chi connectivity index (χ1) is 6.48. The smallest absolute Gasteiger partial charge is 0.312 e. The predicted octanol–water partition coefficient (Wildman–Crippen LogP) is 2.85. The van der Waals surface area contributed by atoms with Crippen LogP contribution in [0.4, 0.5) is 0 Å². The van der Waals surface area contributed by atoms with Gasteiger partial charge in [-0.1, -0.05) is 13.8 Å². The molecule has 3 nitrogen and oxygen atoms in total. The van der Waals surface area contributed by atoms with Crippen LogP contribution in [0.15, 0.2) is 0 Å². The summed E-state index contributed by atoms with van der Waals surface area (Å²) < 4.78 is 15.1. The van der Waals surface area contributed by atoms with E-state index in [1.165, 1.54) is 0 Å². The summed E-state index contributed by atoms with van der Waals surface area (Å²) in [6.07, 6.45) is 0. The summed E-state index contributed by atoms with van der Waals surface area (Å²) in [6.45, 7) is 18.1. The quantitative estimate of drug-likeness (QED) is 0.679. The van der Waals surface area contributed by atoms with Crippen molar-refractivity contribution in [3.05, 3.63) is 0 Å². The second kappa shape index (κ2) is 3.78. The lowest BCUT2D eigenvalue weighted by molar-refractivity contribution is 0.266. The fourth-order valence-electron chi connectivity index (χ4n) is 3.21. The van der Waals surface area contributed by atoms with Gasteiger partial charge in [-0.2, -0.15) is 0 Å². The van der Waals surface area contributed by atoms with Crippen LogP contribution in [0.3, 0.4) is 0 Å². The molecule has 1 rings (SSSR count). The Kier molecular flexibility index (Phi) is 3.43. The Morgan fingerprint density at radius 2 is 1.13 bits per heavy atom. The fourth-order valence-corrected chi connectivity index (χ4v) is 22.7. The molecule has 0 saturated carbocycles. The van der Waals surface area contributed by atoms with Crippen molar-refractivity contribution in [2.45, 2.75) is 59.2 Å². The predicted molar refractivity (Wildman–Crippen MR) is 71.6 cm³/mol. The molecule has 1 fully saturated rings. The van der Waals surface area contributed by atoms with E-state index < -0.39 is 25.5 Å². The molecule has 0 radical (unpaired) electrons. The summed E-state index contributed by atoms with van der Waals surface area (Å²) in [4.78, 5) is 0. The average Bonchev–Trinajstić information content (AvgIpc) is 1.71. The zero-order valence-corrected chi connectivity index (χ0v) is 14.3. The maximum atomic E-state index is 6.29. The minimum Gasteiger partial charge on any atom is -0.425 e. The van der Waals surface area contributed by atoms with Gasteiger partial charge in [-0.25, -0.2) is 0 Å². The van der Waals surface area contributed by atoms with Gasteiger partial charge < -0.3 is 12.5 Å². The third-order valence-electron chi connectivity index (χ3n) is 2.67. The van der Waals surface area contributed by atoms with E-state index in [4.69, 9.17) is 8.23 Å². The molecule has 1 aliphatic heterocycles. The van der Waals surface area contributed by atoms with Crippen LogP contribution >= 0.6 is 0 Å². The van der Waals surface area contributed by atoms with Crippen molar-refractivity contribution in [1.82, 2.24) is 4.23 Å². The Morgan fingerprint density at radius 3 is 1.40 bits per heavy atom. The summed E-state index contributed by atoms with van der Waals surface area (Å²) in [6, 6.07) is 0.526. The zero-order chi connectivity index (χ0) is 12.1. The van der Waals surface area contributed by atoms with Crippen LogP contribution in [0, 0.1) is 0 Å². The Balaban J connectivity index is 3.07. The SMILES string of the molecule is CC(C)N1[Si](C)(C)O[Si](C)(C)O[Si]1(C)C. The molecular weight excluding hydrogens is 238 g/mol. The Hall–Kier alpha value is 0.531. The summed E-state index contributed by atoms with van der Waals surface area (Å²) in [7, 11) is -5.31. The van der Waals surface area contributed by atoms with Gasteiger partial charge in [0.1, 0.15) is 0 Å². The van der Waals surface area contributed by atoms with Crippen LogP contribution < -0.4 is 0 Å². The lowest BCUT2D eigenvalue weighted by Crippen LogP contribution is -2.76. The minimum atomic E-state index is -1.87. The maximum absolute atomic E-state index is 6.29. The normalized spacial score (nSPS) is 29.4. The average molecular weight is 264 g/mol. The molecule has 0 aliphatic carbocycles. The molecule has 0 aromatic carbocycles. The molecule has 15 heavy (non-hydrogen) atoms. The van der Waals surface area contributed by atoms with E-state index in [0.717, 1.165) is 0 Å². The van der Waals surface area contributed by atoms with Gasteiger partial charge in [0.05, 0.1) is 0 Å². The number of nitrogens with zero attached hydrogens (tertiary/aromatic N) is 1. The van der Waals surface area contributed by atoms with Crippen molar-refractivity contribution in [2.75, 3.05) is 0 Å². The van der Waals surface area contributed by atoms with Crippen LogP contribution in [0.5, 0.6) is 0 Å². The summed E-state index contributed by atoms with van der Waals surface area (Å²) in [5, 5.41) is 0. The number of hydrogen-bond donors (Lipinski definition) is 0. The van der Waals surface area contributed by atoms with Crippen molar-refractivity contribution in [2.24, 2.45) is 0 Å². The molecule has 0 unspecified atom stereocenters. The van der Waals surface area contributed by atoms with Gasteiger partial charge >= 0.3 is 8.56 Å². The summed E-state index contributed by atoms with van der Waals surface area (Å²) >= 11 is 0. The summed E-state index contributed by atoms with van der Waals surface area (Å²) in [5.74, 6) is 0. The van der Waals surface area contributed by atoms with E-state index in [-0.39, 0.29) is 0 Å². The van der Waals surface area contributed by atoms with Crippen molar-refractivity contribution in [3.63, 3.8) is 0 Å². The molecule has 0 N–H and O–H groups in total. The van der Waals surface area contributed by atoms with E-state index in [1.54, 1.807) is 0 Å². The third kappa shape index (κ3) is 2.80. The fraction of sp³-hybridized carbons (Fsp3) is 1.00. The molecule has 1 aliphatic rings. The second-order valence-electron chi connectivity index (χ2n) is 5.96. The molecule has 0 bridgehead atoms. The number of rotatable bonds is 1. The minimum absolute atomic E-state index is 0.526. The molecular formula is C9H25NO2Si3. The van der Waals surface area contributed by atoms with Gasteiger partial charge in [0.2, 0.25) is 0 Å². The van der Waals surface area contributed by atoms with Crippen molar-refractivity contribution < 1.29 is 8.23 Å². The number of hydrogen-bond acceptors (Lipinski definition) is 3. The van der Waals surface area contributed by atoms with Crippen molar-refractivity contribution in [3.8, 4) is 0 Å². The molecule has 90 valence electrons. The first-order valence-corrected chi connectivity index (χ1v) is 14.2. The standard InChI is InChI=1S/C9H25NO2Si3/c1-9(2)10-13(3,4)11-15(7,8)12-14(10,5)6/h9H,1-8H3. The lowest BCUT2D eigenvalue weighted by Gasteiger charge is -2.56. The van der Waals surface area contributed by atoms with Crippen LogP contribution in [0.2, 0.25) is 39.3 Å². The van der Waals surface area contributed by atoms with E-state index in [1.807, 2.05) is 0 Å². The molecule has 0 aromatic rings. The molecule has 1 saturated heterocycles. The first kappa shape index (κ1) is 13.6. The first-order valence-electron chi connectivity index (χ1n) is 5.68. The lowest BCUT2D eigenvalue weighted by atomic mass is 10.4. The van der Waals surface area contributed by atoms with E-state index in [2.05, 4.69) is 57.4 Å².